The van der Waals surface area contributed by atoms with Gasteiger partial charge in [-0.2, -0.15) is 0 Å². The summed E-state index contributed by atoms with van der Waals surface area (Å²) in [7, 11) is 0. The first kappa shape index (κ1) is 20.9. The number of rotatable bonds is 4. The van der Waals surface area contributed by atoms with Crippen molar-refractivity contribution in [3.8, 4) is 0 Å². The number of nitrogens with zero attached hydrogens (tertiary/aromatic N) is 1. The molecule has 0 spiro atoms. The lowest BCUT2D eigenvalue weighted by atomic mass is 10.0. The minimum Gasteiger partial charge on any atom is -0.350 e. The molecule has 0 saturated carbocycles. The molecular weight excluding hydrogens is 408 g/mol. The van der Waals surface area contributed by atoms with Gasteiger partial charge in [-0.3, -0.25) is 9.59 Å². The van der Waals surface area contributed by atoms with Gasteiger partial charge in [0.25, 0.3) is 11.8 Å². The highest BCUT2D eigenvalue weighted by Crippen LogP contribution is 2.35. The van der Waals surface area contributed by atoms with Crippen molar-refractivity contribution in [1.29, 1.82) is 0 Å². The lowest BCUT2D eigenvalue weighted by Crippen LogP contribution is -2.32. The summed E-state index contributed by atoms with van der Waals surface area (Å²) in [5.74, 6) is -0.718. The van der Waals surface area contributed by atoms with Crippen LogP contribution in [0.4, 0.5) is 11.4 Å². The third-order valence-corrected chi connectivity index (χ3v) is 5.86. The summed E-state index contributed by atoms with van der Waals surface area (Å²) in [4.78, 5) is 28.3. The second-order valence-electron chi connectivity index (χ2n) is 7.91. The van der Waals surface area contributed by atoms with E-state index >= 15 is 0 Å². The van der Waals surface area contributed by atoms with Gasteiger partial charge in [-0.1, -0.05) is 47.5 Å². The molecule has 31 heavy (non-hydrogen) atoms. The number of aryl methyl sites for hydroxylation is 4. The highest BCUT2D eigenvalue weighted by molar-refractivity contribution is 6.46. The molecule has 5 heteroatoms. The van der Waals surface area contributed by atoms with Crippen LogP contribution in [0, 0.1) is 27.7 Å². The van der Waals surface area contributed by atoms with Gasteiger partial charge in [0, 0.05) is 10.7 Å². The van der Waals surface area contributed by atoms with E-state index < -0.39 is 0 Å². The molecule has 4 nitrogen and oxygen atoms in total. The Morgan fingerprint density at radius 3 is 2.10 bits per heavy atom. The van der Waals surface area contributed by atoms with Crippen LogP contribution in [0.2, 0.25) is 5.02 Å². The molecule has 1 aliphatic heterocycles. The number of carbonyl (C=O) groups is 2. The molecule has 0 bridgehead atoms. The van der Waals surface area contributed by atoms with Crippen molar-refractivity contribution in [3.63, 3.8) is 0 Å². The molecular formula is C26H23ClN2O2. The normalized spacial score (nSPS) is 13.9. The summed E-state index contributed by atoms with van der Waals surface area (Å²) in [6, 6.07) is 18.6. The number of amides is 2. The Kier molecular flexibility index (Phi) is 5.42. The fourth-order valence-electron chi connectivity index (χ4n) is 3.63. The average molecular weight is 431 g/mol. The predicted octanol–water partition coefficient (Wildman–Crippen LogP) is 5.97. The number of carbonyl (C=O) groups excluding carboxylic acids is 2. The number of imide groups is 1. The van der Waals surface area contributed by atoms with E-state index in [4.69, 9.17) is 11.6 Å². The Morgan fingerprint density at radius 1 is 0.742 bits per heavy atom. The average Bonchev–Trinajstić information content (AvgIpc) is 2.97. The summed E-state index contributed by atoms with van der Waals surface area (Å²) in [5, 5.41) is 3.83. The van der Waals surface area contributed by atoms with E-state index in [1.165, 1.54) is 4.90 Å². The van der Waals surface area contributed by atoms with E-state index in [-0.39, 0.29) is 17.5 Å². The van der Waals surface area contributed by atoms with Crippen LogP contribution in [0.5, 0.6) is 0 Å². The third-order valence-electron chi connectivity index (χ3n) is 5.62. The van der Waals surface area contributed by atoms with Crippen LogP contribution in [0.15, 0.2) is 66.4 Å². The predicted molar refractivity (Wildman–Crippen MR) is 126 cm³/mol. The lowest BCUT2D eigenvalue weighted by Gasteiger charge is -2.17. The molecule has 0 aromatic heterocycles. The second-order valence-corrected chi connectivity index (χ2v) is 8.35. The molecule has 3 aromatic carbocycles. The molecule has 0 atom stereocenters. The summed E-state index contributed by atoms with van der Waals surface area (Å²) in [6.07, 6.45) is 0. The van der Waals surface area contributed by atoms with E-state index in [1.807, 2.05) is 76.2 Å². The van der Waals surface area contributed by atoms with E-state index in [2.05, 4.69) is 5.32 Å². The number of nitrogens with one attached hydrogen (secondary N) is 1. The fourth-order valence-corrected chi connectivity index (χ4v) is 3.86. The van der Waals surface area contributed by atoms with Crippen molar-refractivity contribution in [2.24, 2.45) is 0 Å². The standard InChI is InChI=1S/C26H23ClN2O2/c1-15-5-8-19(9-6-15)23-24(28-22-12-10-20(27)13-18(22)4)26(31)29(25(23)30)21-11-7-16(2)17(3)14-21/h5-14,28H,1-4H3. The van der Waals surface area contributed by atoms with Gasteiger partial charge in [-0.25, -0.2) is 4.90 Å². The van der Waals surface area contributed by atoms with Crippen LogP contribution < -0.4 is 10.2 Å². The van der Waals surface area contributed by atoms with Gasteiger partial charge in [0.05, 0.1) is 11.3 Å². The van der Waals surface area contributed by atoms with E-state index in [9.17, 15) is 9.59 Å². The maximum atomic E-state index is 13.5. The van der Waals surface area contributed by atoms with E-state index in [1.54, 1.807) is 12.1 Å². The van der Waals surface area contributed by atoms with Crippen LogP contribution in [0.25, 0.3) is 5.57 Å². The van der Waals surface area contributed by atoms with E-state index in [0.29, 0.717) is 21.8 Å². The summed E-state index contributed by atoms with van der Waals surface area (Å²) < 4.78 is 0. The molecule has 1 N–H and O–H groups in total. The molecule has 0 saturated heterocycles. The highest BCUT2D eigenvalue weighted by atomic mass is 35.5. The maximum absolute atomic E-state index is 13.5. The number of hydrogen-bond donors (Lipinski definition) is 1. The molecule has 4 rings (SSSR count). The van der Waals surface area contributed by atoms with Crippen LogP contribution in [0.1, 0.15) is 27.8 Å². The first-order valence-corrected chi connectivity index (χ1v) is 10.4. The monoisotopic (exact) mass is 430 g/mol. The minimum absolute atomic E-state index is 0.262. The third kappa shape index (κ3) is 3.87. The summed E-state index contributed by atoms with van der Waals surface area (Å²) in [6.45, 7) is 7.85. The summed E-state index contributed by atoms with van der Waals surface area (Å²) in [5.41, 5.74) is 6.69. The Morgan fingerprint density at radius 2 is 1.45 bits per heavy atom. The van der Waals surface area contributed by atoms with Gasteiger partial charge in [0.15, 0.2) is 0 Å². The van der Waals surface area contributed by atoms with Crippen molar-refractivity contribution in [1.82, 2.24) is 0 Å². The molecule has 1 heterocycles. The van der Waals surface area contributed by atoms with Gasteiger partial charge in [0.2, 0.25) is 0 Å². The van der Waals surface area contributed by atoms with Gasteiger partial charge in [-0.05, 0) is 80.3 Å². The van der Waals surface area contributed by atoms with Crippen molar-refractivity contribution in [2.75, 3.05) is 10.2 Å². The number of benzene rings is 3. The Labute approximate surface area is 187 Å². The molecule has 2 amide bonds. The zero-order chi connectivity index (χ0) is 22.3. The molecule has 1 aliphatic rings. The van der Waals surface area contributed by atoms with E-state index in [0.717, 1.165) is 27.9 Å². The second kappa shape index (κ2) is 8.05. The quantitative estimate of drug-likeness (QED) is 0.518. The van der Waals surface area contributed by atoms with Gasteiger partial charge in [-0.15, -0.1) is 0 Å². The Bertz CT molecular complexity index is 1240. The van der Waals surface area contributed by atoms with Crippen LogP contribution >= 0.6 is 11.6 Å². The lowest BCUT2D eigenvalue weighted by molar-refractivity contribution is -0.120. The van der Waals surface area contributed by atoms with Crippen molar-refractivity contribution < 1.29 is 9.59 Å². The molecule has 3 aromatic rings. The zero-order valence-electron chi connectivity index (χ0n) is 17.9. The molecule has 156 valence electrons. The first-order valence-electron chi connectivity index (χ1n) is 10.1. The van der Waals surface area contributed by atoms with Crippen molar-refractivity contribution >= 4 is 40.4 Å². The maximum Gasteiger partial charge on any atom is 0.282 e. The Hall–Kier alpha value is -3.37. The largest absolute Gasteiger partial charge is 0.350 e. The number of halogens is 1. The molecule has 0 fully saturated rings. The van der Waals surface area contributed by atoms with Crippen molar-refractivity contribution in [2.45, 2.75) is 27.7 Å². The minimum atomic E-state index is -0.377. The van der Waals surface area contributed by atoms with Gasteiger partial charge >= 0.3 is 0 Å². The highest BCUT2D eigenvalue weighted by Gasteiger charge is 2.40. The van der Waals surface area contributed by atoms with Gasteiger partial charge < -0.3 is 5.32 Å². The topological polar surface area (TPSA) is 49.4 Å². The van der Waals surface area contributed by atoms with Crippen LogP contribution in [0.3, 0.4) is 0 Å². The number of hydrogen-bond acceptors (Lipinski definition) is 3. The van der Waals surface area contributed by atoms with Crippen LogP contribution in [-0.4, -0.2) is 11.8 Å². The smallest absolute Gasteiger partial charge is 0.282 e. The molecule has 0 unspecified atom stereocenters. The number of anilines is 2. The molecule has 0 radical (unpaired) electrons. The van der Waals surface area contributed by atoms with Crippen molar-refractivity contribution in [3.05, 3.63) is 99.2 Å². The molecule has 0 aliphatic carbocycles. The Balaban J connectivity index is 1.84. The van der Waals surface area contributed by atoms with Crippen LogP contribution in [-0.2, 0) is 9.59 Å². The summed E-state index contributed by atoms with van der Waals surface area (Å²) >= 11 is 6.09. The SMILES string of the molecule is Cc1ccc(C2=C(Nc3ccc(Cl)cc3C)C(=O)N(c3ccc(C)c(C)c3)C2=O)cc1. The fraction of sp³-hybridized carbons (Fsp3) is 0.154. The first-order chi connectivity index (χ1) is 14.8. The van der Waals surface area contributed by atoms with Gasteiger partial charge in [0.1, 0.15) is 5.70 Å². The zero-order valence-corrected chi connectivity index (χ0v) is 18.7.